The minimum atomic E-state index is -3.45. The minimum Gasteiger partial charge on any atom is -0.497 e. The fraction of sp³-hybridized carbons (Fsp3) is 0.381. The monoisotopic (exact) mass is 404 g/mol. The van der Waals surface area contributed by atoms with Gasteiger partial charge in [-0.25, -0.2) is 8.42 Å². The summed E-state index contributed by atoms with van der Waals surface area (Å²) in [5.74, 6) is 0.556. The molecule has 0 heterocycles. The molecule has 1 N–H and O–H groups in total. The molecule has 6 nitrogen and oxygen atoms in total. The van der Waals surface area contributed by atoms with Gasteiger partial charge >= 0.3 is 0 Å². The Bertz CT molecular complexity index is 895. The van der Waals surface area contributed by atoms with Crippen LogP contribution in [0.1, 0.15) is 36.9 Å². The van der Waals surface area contributed by atoms with E-state index in [-0.39, 0.29) is 24.9 Å². The number of carbonyl (C=O) groups excluding carboxylic acids is 1. The highest BCUT2D eigenvalue weighted by Crippen LogP contribution is 2.22. The maximum atomic E-state index is 12.3. The van der Waals surface area contributed by atoms with Crippen molar-refractivity contribution in [3.63, 3.8) is 0 Å². The van der Waals surface area contributed by atoms with E-state index in [1.165, 1.54) is 4.31 Å². The lowest BCUT2D eigenvalue weighted by atomic mass is 10.0. The first-order chi connectivity index (χ1) is 13.2. The van der Waals surface area contributed by atoms with Crippen LogP contribution in [0.2, 0.25) is 0 Å². The van der Waals surface area contributed by atoms with Crippen LogP contribution in [0.15, 0.2) is 48.5 Å². The Labute approximate surface area is 167 Å². The number of ether oxygens (including phenoxy) is 1. The summed E-state index contributed by atoms with van der Waals surface area (Å²) in [7, 11) is -1.89. The van der Waals surface area contributed by atoms with Crippen molar-refractivity contribution < 1.29 is 17.9 Å². The SMILES string of the molecule is COc1ccc(N(CCCC(=O)N[C@@H](C)c2ccccc2C)S(C)(=O)=O)cc1. The molecular formula is C21H28N2O4S. The van der Waals surface area contributed by atoms with Crippen LogP contribution in [0, 0.1) is 6.92 Å². The fourth-order valence-electron chi connectivity index (χ4n) is 3.08. The first kappa shape index (κ1) is 21.8. The van der Waals surface area contributed by atoms with Crippen LogP contribution in [-0.2, 0) is 14.8 Å². The number of anilines is 1. The van der Waals surface area contributed by atoms with Crippen molar-refractivity contribution in [1.82, 2.24) is 5.32 Å². The van der Waals surface area contributed by atoms with Crippen LogP contribution in [0.5, 0.6) is 5.75 Å². The maximum absolute atomic E-state index is 12.3. The van der Waals surface area contributed by atoms with E-state index < -0.39 is 10.0 Å². The van der Waals surface area contributed by atoms with Gasteiger partial charge in [0.05, 0.1) is 25.1 Å². The summed E-state index contributed by atoms with van der Waals surface area (Å²) < 4.78 is 30.7. The Kier molecular flexibility index (Phi) is 7.45. The number of amides is 1. The van der Waals surface area contributed by atoms with Gasteiger partial charge in [-0.3, -0.25) is 9.10 Å². The lowest BCUT2D eigenvalue weighted by molar-refractivity contribution is -0.121. The highest BCUT2D eigenvalue weighted by Gasteiger charge is 2.18. The zero-order chi connectivity index (χ0) is 20.7. The first-order valence-electron chi connectivity index (χ1n) is 9.19. The van der Waals surface area contributed by atoms with Gasteiger partial charge in [0.15, 0.2) is 0 Å². The zero-order valence-electron chi connectivity index (χ0n) is 16.8. The first-order valence-corrected chi connectivity index (χ1v) is 11.0. The number of hydrogen-bond acceptors (Lipinski definition) is 4. The van der Waals surface area contributed by atoms with Crippen LogP contribution in [0.25, 0.3) is 0 Å². The van der Waals surface area contributed by atoms with Gasteiger partial charge < -0.3 is 10.1 Å². The molecule has 0 saturated heterocycles. The third kappa shape index (κ3) is 5.99. The normalized spacial score (nSPS) is 12.3. The summed E-state index contributed by atoms with van der Waals surface area (Å²) in [4.78, 5) is 12.3. The lowest BCUT2D eigenvalue weighted by Crippen LogP contribution is -2.32. The molecule has 152 valence electrons. The van der Waals surface area contributed by atoms with E-state index in [1.807, 2.05) is 38.1 Å². The molecule has 0 spiro atoms. The molecule has 0 aliphatic rings. The Morgan fingerprint density at radius 1 is 1.14 bits per heavy atom. The number of methoxy groups -OCH3 is 1. The summed E-state index contributed by atoms with van der Waals surface area (Å²) in [6.07, 6.45) is 1.83. The van der Waals surface area contributed by atoms with Crippen LogP contribution in [0.4, 0.5) is 5.69 Å². The van der Waals surface area contributed by atoms with Gasteiger partial charge in [0.2, 0.25) is 15.9 Å². The van der Waals surface area contributed by atoms with E-state index in [9.17, 15) is 13.2 Å². The van der Waals surface area contributed by atoms with Gasteiger partial charge in [-0.15, -0.1) is 0 Å². The van der Waals surface area contributed by atoms with E-state index in [4.69, 9.17) is 4.74 Å². The van der Waals surface area contributed by atoms with Crippen molar-refractivity contribution in [2.24, 2.45) is 0 Å². The molecule has 1 atom stereocenters. The van der Waals surface area contributed by atoms with Crippen molar-refractivity contribution >= 4 is 21.6 Å². The Morgan fingerprint density at radius 3 is 2.36 bits per heavy atom. The molecule has 2 aromatic rings. The molecule has 0 radical (unpaired) electrons. The van der Waals surface area contributed by atoms with Crippen LogP contribution in [0.3, 0.4) is 0 Å². The second-order valence-corrected chi connectivity index (χ2v) is 8.69. The van der Waals surface area contributed by atoms with Crippen molar-refractivity contribution in [2.45, 2.75) is 32.7 Å². The summed E-state index contributed by atoms with van der Waals surface area (Å²) in [6, 6.07) is 14.6. The summed E-state index contributed by atoms with van der Waals surface area (Å²) in [6.45, 7) is 4.19. The highest BCUT2D eigenvalue weighted by molar-refractivity contribution is 7.92. The summed E-state index contributed by atoms with van der Waals surface area (Å²) in [5.41, 5.74) is 2.75. The van der Waals surface area contributed by atoms with E-state index in [1.54, 1.807) is 31.4 Å². The molecule has 0 aromatic heterocycles. The third-order valence-electron chi connectivity index (χ3n) is 4.56. The predicted octanol–water partition coefficient (Wildman–Crippen LogP) is 3.43. The molecule has 0 fully saturated rings. The van der Waals surface area contributed by atoms with Crippen LogP contribution in [-0.4, -0.2) is 34.2 Å². The number of sulfonamides is 1. The van der Waals surface area contributed by atoms with E-state index in [2.05, 4.69) is 5.32 Å². The van der Waals surface area contributed by atoms with Gasteiger partial charge in [0.1, 0.15) is 5.75 Å². The van der Waals surface area contributed by atoms with Crippen LogP contribution >= 0.6 is 0 Å². The minimum absolute atomic E-state index is 0.0960. The van der Waals surface area contributed by atoms with Crippen molar-refractivity contribution in [3.05, 3.63) is 59.7 Å². The maximum Gasteiger partial charge on any atom is 0.232 e. The number of nitrogens with zero attached hydrogens (tertiary/aromatic N) is 1. The average Bonchev–Trinajstić information content (AvgIpc) is 2.64. The molecule has 7 heteroatoms. The lowest BCUT2D eigenvalue weighted by Gasteiger charge is -2.23. The standard InChI is InChI=1S/C21H28N2O4S/c1-16-8-5-6-9-20(16)17(2)22-21(24)10-7-15-23(28(4,25)26)18-11-13-19(27-3)14-12-18/h5-6,8-9,11-14,17H,7,10,15H2,1-4H3,(H,22,24)/t17-/m0/s1. The van der Waals surface area contributed by atoms with Crippen molar-refractivity contribution in [3.8, 4) is 5.75 Å². The second kappa shape index (κ2) is 9.59. The fourth-order valence-corrected chi connectivity index (χ4v) is 4.05. The van der Waals surface area contributed by atoms with Gasteiger partial charge in [-0.05, 0) is 55.7 Å². The molecular weight excluding hydrogens is 376 g/mol. The van der Waals surface area contributed by atoms with Gasteiger partial charge in [-0.1, -0.05) is 24.3 Å². The smallest absolute Gasteiger partial charge is 0.232 e. The molecule has 28 heavy (non-hydrogen) atoms. The van der Waals surface area contributed by atoms with Crippen LogP contribution < -0.4 is 14.4 Å². The van der Waals surface area contributed by atoms with E-state index in [0.29, 0.717) is 17.9 Å². The summed E-state index contributed by atoms with van der Waals surface area (Å²) >= 11 is 0. The number of nitrogens with one attached hydrogen (secondary N) is 1. The predicted molar refractivity (Wildman–Crippen MR) is 112 cm³/mol. The number of hydrogen-bond donors (Lipinski definition) is 1. The highest BCUT2D eigenvalue weighted by atomic mass is 32.2. The second-order valence-electron chi connectivity index (χ2n) is 6.78. The summed E-state index contributed by atoms with van der Waals surface area (Å²) in [5, 5.41) is 2.98. The molecule has 0 aliphatic heterocycles. The quantitative estimate of drug-likeness (QED) is 0.695. The molecule has 2 aromatic carbocycles. The molecule has 2 rings (SSSR count). The molecule has 0 unspecified atom stereocenters. The average molecular weight is 405 g/mol. The number of aryl methyl sites for hydroxylation is 1. The Balaban J connectivity index is 1.94. The molecule has 0 bridgehead atoms. The molecule has 1 amide bonds. The zero-order valence-corrected chi connectivity index (χ0v) is 17.6. The van der Waals surface area contributed by atoms with E-state index in [0.717, 1.165) is 17.4 Å². The molecule has 0 aliphatic carbocycles. The van der Waals surface area contributed by atoms with E-state index >= 15 is 0 Å². The molecule has 0 saturated carbocycles. The Hall–Kier alpha value is -2.54. The Morgan fingerprint density at radius 2 is 1.79 bits per heavy atom. The largest absolute Gasteiger partial charge is 0.497 e. The topological polar surface area (TPSA) is 75.7 Å². The number of carbonyl (C=O) groups is 1. The number of benzene rings is 2. The van der Waals surface area contributed by atoms with Gasteiger partial charge in [0.25, 0.3) is 0 Å². The van der Waals surface area contributed by atoms with Gasteiger partial charge in [0, 0.05) is 13.0 Å². The number of rotatable bonds is 9. The third-order valence-corrected chi connectivity index (χ3v) is 5.75. The van der Waals surface area contributed by atoms with Crippen molar-refractivity contribution in [2.75, 3.05) is 24.2 Å². The van der Waals surface area contributed by atoms with Gasteiger partial charge in [-0.2, -0.15) is 0 Å². The van der Waals surface area contributed by atoms with Crippen molar-refractivity contribution in [1.29, 1.82) is 0 Å².